The first-order chi connectivity index (χ1) is 12.3. The highest BCUT2D eigenvalue weighted by atomic mass is 32.2. The summed E-state index contributed by atoms with van der Waals surface area (Å²) in [5.74, 6) is -0.414. The predicted molar refractivity (Wildman–Crippen MR) is 105 cm³/mol. The van der Waals surface area contributed by atoms with Crippen molar-refractivity contribution in [1.29, 1.82) is 0 Å². The van der Waals surface area contributed by atoms with Gasteiger partial charge in [-0.3, -0.25) is 4.79 Å². The van der Waals surface area contributed by atoms with Crippen molar-refractivity contribution in [1.82, 2.24) is 4.57 Å². The number of nitrogens with zero attached hydrogens (tertiary/aromatic N) is 1. The SMILES string of the molecule is C=CCC1(S(=O)Nc2cn(C)c(=O)cc2Nc2ccc(C)cc2F)CC1. The lowest BCUT2D eigenvalue weighted by Crippen LogP contribution is -2.24. The van der Waals surface area contributed by atoms with Crippen LogP contribution in [0, 0.1) is 12.7 Å². The Morgan fingerprint density at radius 2 is 2.04 bits per heavy atom. The van der Waals surface area contributed by atoms with Gasteiger partial charge in [0, 0.05) is 19.3 Å². The van der Waals surface area contributed by atoms with Gasteiger partial charge >= 0.3 is 0 Å². The molecule has 3 rings (SSSR count). The van der Waals surface area contributed by atoms with Crippen LogP contribution in [-0.4, -0.2) is 13.5 Å². The van der Waals surface area contributed by atoms with Gasteiger partial charge in [0.05, 0.1) is 21.8 Å². The molecule has 0 amide bonds. The average molecular weight is 375 g/mol. The minimum Gasteiger partial charge on any atom is -0.351 e. The van der Waals surface area contributed by atoms with Crippen LogP contribution in [0.15, 0.2) is 47.9 Å². The van der Waals surface area contributed by atoms with E-state index < -0.39 is 16.8 Å². The van der Waals surface area contributed by atoms with E-state index in [9.17, 15) is 13.4 Å². The summed E-state index contributed by atoms with van der Waals surface area (Å²) in [6.07, 6.45) is 5.72. The largest absolute Gasteiger partial charge is 0.351 e. The lowest BCUT2D eigenvalue weighted by Gasteiger charge is -2.18. The molecule has 0 aliphatic heterocycles. The molecule has 0 radical (unpaired) electrons. The van der Waals surface area contributed by atoms with Crippen LogP contribution in [0.5, 0.6) is 0 Å². The smallest absolute Gasteiger partial charge is 0.252 e. The van der Waals surface area contributed by atoms with Gasteiger partial charge in [0.1, 0.15) is 16.8 Å². The standard InChI is InChI=1S/C19H22FN3O2S/c1-4-7-19(8-9-19)26(25)22-17-12-23(3)18(24)11-16(17)21-15-6-5-13(2)10-14(15)20/h4-6,10-12,21-22H,1,7-9H2,2-3H3. The quantitative estimate of drug-likeness (QED) is 0.725. The molecule has 1 aliphatic carbocycles. The molecule has 7 heteroatoms. The predicted octanol–water partition coefficient (Wildman–Crippen LogP) is 3.76. The summed E-state index contributed by atoms with van der Waals surface area (Å²) < 4.78 is 31.0. The van der Waals surface area contributed by atoms with Gasteiger partial charge in [-0.25, -0.2) is 8.60 Å². The monoisotopic (exact) mass is 375 g/mol. The molecule has 0 bridgehead atoms. The topological polar surface area (TPSA) is 63.1 Å². The van der Waals surface area contributed by atoms with Crippen LogP contribution in [0.25, 0.3) is 0 Å². The van der Waals surface area contributed by atoms with E-state index in [1.165, 1.54) is 16.7 Å². The van der Waals surface area contributed by atoms with Gasteiger partial charge < -0.3 is 14.6 Å². The van der Waals surface area contributed by atoms with Crippen molar-refractivity contribution in [3.63, 3.8) is 0 Å². The maximum Gasteiger partial charge on any atom is 0.252 e. The van der Waals surface area contributed by atoms with Crippen LogP contribution >= 0.6 is 0 Å². The minimum atomic E-state index is -1.33. The zero-order chi connectivity index (χ0) is 18.9. The molecule has 1 aliphatic rings. The molecule has 1 aromatic carbocycles. The van der Waals surface area contributed by atoms with E-state index in [0.29, 0.717) is 17.8 Å². The third kappa shape index (κ3) is 3.72. The maximum atomic E-state index is 14.2. The molecule has 2 aromatic rings. The number of rotatable bonds is 7. The fourth-order valence-corrected chi connectivity index (χ4v) is 4.08. The van der Waals surface area contributed by atoms with E-state index in [4.69, 9.17) is 0 Å². The number of hydrogen-bond donors (Lipinski definition) is 2. The molecule has 1 heterocycles. The lowest BCUT2D eigenvalue weighted by atomic mass is 10.2. The number of halogens is 1. The second-order valence-electron chi connectivity index (χ2n) is 6.70. The molecule has 0 spiro atoms. The van der Waals surface area contributed by atoms with Gasteiger partial charge in [-0.05, 0) is 43.9 Å². The Bertz CT molecular complexity index is 935. The Morgan fingerprint density at radius 1 is 1.31 bits per heavy atom. The van der Waals surface area contributed by atoms with Crippen LogP contribution in [0.3, 0.4) is 0 Å². The number of allylic oxidation sites excluding steroid dienone is 1. The van der Waals surface area contributed by atoms with Crippen molar-refractivity contribution in [2.45, 2.75) is 30.9 Å². The fraction of sp³-hybridized carbons (Fsp3) is 0.316. The van der Waals surface area contributed by atoms with Crippen LogP contribution in [-0.2, 0) is 18.0 Å². The summed E-state index contributed by atoms with van der Waals surface area (Å²) in [6.45, 7) is 5.53. The molecule has 5 nitrogen and oxygen atoms in total. The van der Waals surface area contributed by atoms with Crippen molar-refractivity contribution in [2.24, 2.45) is 7.05 Å². The van der Waals surface area contributed by atoms with Crippen LogP contribution < -0.4 is 15.6 Å². The van der Waals surface area contributed by atoms with Gasteiger partial charge in [0.25, 0.3) is 5.56 Å². The molecule has 1 saturated carbocycles. The average Bonchev–Trinajstić information content (AvgIpc) is 3.36. The molecule has 0 saturated heterocycles. The van der Waals surface area contributed by atoms with E-state index >= 15 is 0 Å². The van der Waals surface area contributed by atoms with E-state index in [0.717, 1.165) is 18.4 Å². The van der Waals surface area contributed by atoms with Crippen LogP contribution in [0.4, 0.5) is 21.5 Å². The van der Waals surface area contributed by atoms with Crippen molar-refractivity contribution < 1.29 is 8.60 Å². The third-order valence-electron chi connectivity index (χ3n) is 4.54. The van der Waals surface area contributed by atoms with Crippen molar-refractivity contribution in [2.75, 3.05) is 10.0 Å². The first-order valence-corrected chi connectivity index (χ1v) is 9.53. The minimum absolute atomic E-state index is 0.247. The number of nitrogens with one attached hydrogen (secondary N) is 2. The van der Waals surface area contributed by atoms with Crippen LogP contribution in [0.2, 0.25) is 0 Å². The van der Waals surface area contributed by atoms with Crippen molar-refractivity contribution in [3.8, 4) is 0 Å². The Kier molecular flexibility index (Phi) is 5.00. The van der Waals surface area contributed by atoms with E-state index in [1.807, 2.05) is 0 Å². The fourth-order valence-electron chi connectivity index (χ4n) is 2.76. The maximum absolute atomic E-state index is 14.2. The van der Waals surface area contributed by atoms with Gasteiger partial charge in [-0.15, -0.1) is 6.58 Å². The van der Waals surface area contributed by atoms with E-state index in [-0.39, 0.29) is 16.0 Å². The molecule has 138 valence electrons. The van der Waals surface area contributed by atoms with Gasteiger partial charge in [0.15, 0.2) is 0 Å². The highest BCUT2D eigenvalue weighted by molar-refractivity contribution is 7.88. The Hall–Kier alpha value is -2.41. The molecular weight excluding hydrogens is 353 g/mol. The summed E-state index contributed by atoms with van der Waals surface area (Å²) in [6, 6.07) is 6.17. The molecule has 1 aromatic heterocycles. The Balaban J connectivity index is 1.92. The van der Waals surface area contributed by atoms with Crippen molar-refractivity contribution in [3.05, 3.63) is 64.9 Å². The highest BCUT2D eigenvalue weighted by Crippen LogP contribution is 2.45. The third-order valence-corrected chi connectivity index (χ3v) is 6.31. The molecule has 26 heavy (non-hydrogen) atoms. The first-order valence-electron chi connectivity index (χ1n) is 8.38. The van der Waals surface area contributed by atoms with Crippen LogP contribution in [0.1, 0.15) is 24.8 Å². The molecule has 1 fully saturated rings. The summed E-state index contributed by atoms with van der Waals surface area (Å²) >= 11 is 0. The normalized spacial score (nSPS) is 16.0. The van der Waals surface area contributed by atoms with Gasteiger partial charge in [0.2, 0.25) is 0 Å². The zero-order valence-electron chi connectivity index (χ0n) is 14.8. The summed E-state index contributed by atoms with van der Waals surface area (Å²) in [4.78, 5) is 12.0. The molecule has 1 atom stereocenters. The number of pyridine rings is 1. The summed E-state index contributed by atoms with van der Waals surface area (Å²) in [5.41, 5.74) is 1.68. The second-order valence-corrected chi connectivity index (χ2v) is 8.31. The molecule has 2 N–H and O–H groups in total. The summed E-state index contributed by atoms with van der Waals surface area (Å²) in [7, 11) is 0.282. The van der Waals surface area contributed by atoms with E-state index in [2.05, 4.69) is 16.6 Å². The first kappa shape index (κ1) is 18.4. The second kappa shape index (κ2) is 7.07. The van der Waals surface area contributed by atoms with E-state index in [1.54, 1.807) is 38.4 Å². The molecular formula is C19H22FN3O2S. The zero-order valence-corrected chi connectivity index (χ0v) is 15.7. The van der Waals surface area contributed by atoms with Crippen molar-refractivity contribution >= 4 is 28.0 Å². The number of aryl methyl sites for hydroxylation is 2. The Labute approximate surface area is 154 Å². The lowest BCUT2D eigenvalue weighted by molar-refractivity contribution is 0.630. The summed E-state index contributed by atoms with van der Waals surface area (Å²) in [5, 5.41) is 2.94. The Morgan fingerprint density at radius 3 is 2.65 bits per heavy atom. The number of anilines is 3. The highest BCUT2D eigenvalue weighted by Gasteiger charge is 2.48. The number of benzene rings is 1. The van der Waals surface area contributed by atoms with Gasteiger partial charge in [-0.1, -0.05) is 12.1 Å². The van der Waals surface area contributed by atoms with Gasteiger partial charge in [-0.2, -0.15) is 0 Å². The molecule has 1 unspecified atom stereocenters. The number of aromatic nitrogens is 1. The number of hydrogen-bond acceptors (Lipinski definition) is 3.